The zero-order valence-corrected chi connectivity index (χ0v) is 18.5. The van der Waals surface area contributed by atoms with Gasteiger partial charge < -0.3 is 28.8 Å². The number of nitrogens with zero attached hydrogens (tertiary/aromatic N) is 1. The second-order valence-corrected chi connectivity index (χ2v) is 7.63. The molecule has 0 saturated carbocycles. The summed E-state index contributed by atoms with van der Waals surface area (Å²) < 4.78 is 27.7. The van der Waals surface area contributed by atoms with Crippen LogP contribution < -0.4 is 20.8 Å². The Morgan fingerprint density at radius 3 is 2.60 bits per heavy atom. The highest BCUT2D eigenvalue weighted by atomic mass is 16.6. The molecule has 4 aromatic rings. The van der Waals surface area contributed by atoms with Crippen molar-refractivity contribution in [3.05, 3.63) is 85.8 Å². The van der Waals surface area contributed by atoms with E-state index >= 15 is 0 Å². The third-order valence-electron chi connectivity index (χ3n) is 5.76. The molecule has 0 saturated heterocycles. The van der Waals surface area contributed by atoms with Crippen LogP contribution >= 0.6 is 0 Å². The van der Waals surface area contributed by atoms with Crippen LogP contribution in [0.1, 0.15) is 24.0 Å². The van der Waals surface area contributed by atoms with E-state index < -0.39 is 22.4 Å². The van der Waals surface area contributed by atoms with Gasteiger partial charge >= 0.3 is 11.6 Å². The van der Waals surface area contributed by atoms with Crippen molar-refractivity contribution in [2.24, 2.45) is 5.73 Å². The predicted molar refractivity (Wildman–Crippen MR) is 122 cm³/mol. The fourth-order valence-corrected chi connectivity index (χ4v) is 4.30. The van der Waals surface area contributed by atoms with Crippen molar-refractivity contribution in [3.8, 4) is 11.5 Å². The van der Waals surface area contributed by atoms with Crippen molar-refractivity contribution < 1.29 is 32.8 Å². The number of fused-ring (bicyclic) bond motifs is 4. The summed E-state index contributed by atoms with van der Waals surface area (Å²) >= 11 is 0. The van der Waals surface area contributed by atoms with Crippen molar-refractivity contribution in [1.29, 1.82) is 0 Å². The van der Waals surface area contributed by atoms with Crippen LogP contribution in [-0.4, -0.2) is 24.6 Å². The molecule has 1 atom stereocenters. The molecule has 2 N–H and O–H groups in total. The number of nitrogens with two attached hydrogens (primary N) is 1. The number of hydrogen-bond acceptors (Lipinski definition) is 10. The summed E-state index contributed by atoms with van der Waals surface area (Å²) in [4.78, 5) is 36.8. The highest BCUT2D eigenvalue weighted by molar-refractivity contribution is 6.05. The number of nitro groups is 1. The minimum atomic E-state index is -1.08. The van der Waals surface area contributed by atoms with Crippen LogP contribution in [0.25, 0.3) is 21.9 Å². The maximum atomic E-state index is 13.3. The van der Waals surface area contributed by atoms with Crippen LogP contribution in [-0.2, 0) is 9.53 Å². The Labute approximate surface area is 196 Å². The average molecular weight is 478 g/mol. The monoisotopic (exact) mass is 478 g/mol. The molecule has 2 aromatic heterocycles. The van der Waals surface area contributed by atoms with Gasteiger partial charge in [0.2, 0.25) is 5.88 Å². The van der Waals surface area contributed by atoms with E-state index in [1.165, 1.54) is 43.7 Å². The van der Waals surface area contributed by atoms with Crippen LogP contribution in [0.15, 0.2) is 67.7 Å². The summed E-state index contributed by atoms with van der Waals surface area (Å²) in [6.45, 7) is 1.67. The summed E-state index contributed by atoms with van der Waals surface area (Å²) in [5, 5.41) is 12.1. The van der Waals surface area contributed by atoms with Gasteiger partial charge in [-0.25, -0.2) is 9.59 Å². The molecule has 3 heterocycles. The van der Waals surface area contributed by atoms with E-state index in [4.69, 9.17) is 28.8 Å². The molecule has 0 amide bonds. The molecule has 2 aromatic carbocycles. The zero-order chi connectivity index (χ0) is 24.9. The Morgan fingerprint density at radius 1 is 1.20 bits per heavy atom. The number of nitro benzene ring substituents is 1. The van der Waals surface area contributed by atoms with Crippen molar-refractivity contribution in [3.63, 3.8) is 0 Å². The van der Waals surface area contributed by atoms with Gasteiger partial charge in [-0.15, -0.1) is 0 Å². The molecule has 0 aliphatic carbocycles. The van der Waals surface area contributed by atoms with Crippen LogP contribution in [0.3, 0.4) is 0 Å². The Kier molecular flexibility index (Phi) is 5.16. The van der Waals surface area contributed by atoms with Crippen LogP contribution in [0, 0.1) is 10.1 Å². The van der Waals surface area contributed by atoms with Crippen molar-refractivity contribution >= 4 is 33.6 Å². The highest BCUT2D eigenvalue weighted by Crippen LogP contribution is 2.48. The molecule has 1 aliphatic heterocycles. The Morgan fingerprint density at radius 2 is 1.94 bits per heavy atom. The highest BCUT2D eigenvalue weighted by Gasteiger charge is 2.40. The number of benzene rings is 2. The molecule has 178 valence electrons. The van der Waals surface area contributed by atoms with Crippen molar-refractivity contribution in [1.82, 2.24) is 0 Å². The molecule has 0 fully saturated rings. The van der Waals surface area contributed by atoms with Gasteiger partial charge in [-0.3, -0.25) is 10.1 Å². The molecule has 1 unspecified atom stereocenters. The third kappa shape index (κ3) is 3.36. The van der Waals surface area contributed by atoms with E-state index in [0.717, 1.165) is 0 Å². The first-order chi connectivity index (χ1) is 16.8. The van der Waals surface area contributed by atoms with E-state index in [-0.39, 0.29) is 40.6 Å². The molecule has 0 radical (unpaired) electrons. The lowest BCUT2D eigenvalue weighted by molar-refractivity contribution is -0.384. The van der Waals surface area contributed by atoms with Gasteiger partial charge in [0.15, 0.2) is 5.75 Å². The molecule has 1 aliphatic rings. The smallest absolute Gasteiger partial charge is 0.344 e. The van der Waals surface area contributed by atoms with Gasteiger partial charge in [0.05, 0.1) is 41.8 Å². The Balaban J connectivity index is 1.85. The molecule has 35 heavy (non-hydrogen) atoms. The number of esters is 1. The molecule has 5 rings (SSSR count). The SMILES string of the molecule is CCOC(=O)C1=C(N)Oc2c(c(=O)oc3cc4occc4c(OC)c23)C1c1ccc([N+](=O)[O-])cc1. The maximum absolute atomic E-state index is 13.3. The number of carbonyl (C=O) groups is 1. The Bertz CT molecular complexity index is 1600. The zero-order valence-electron chi connectivity index (χ0n) is 18.5. The lowest BCUT2D eigenvalue weighted by atomic mass is 9.83. The molecule has 0 spiro atoms. The largest absolute Gasteiger partial charge is 0.495 e. The Hall–Kier alpha value is -4.80. The van der Waals surface area contributed by atoms with Crippen LogP contribution in [0.4, 0.5) is 5.69 Å². The number of rotatable bonds is 5. The first kappa shape index (κ1) is 22.0. The van der Waals surface area contributed by atoms with Gasteiger partial charge in [-0.1, -0.05) is 12.1 Å². The van der Waals surface area contributed by atoms with Gasteiger partial charge in [0.25, 0.3) is 5.69 Å². The van der Waals surface area contributed by atoms with Gasteiger partial charge in [0, 0.05) is 18.2 Å². The number of ether oxygens (including phenoxy) is 3. The predicted octanol–water partition coefficient (Wildman–Crippen LogP) is 3.71. The second kappa shape index (κ2) is 8.20. The number of furan rings is 1. The van der Waals surface area contributed by atoms with Gasteiger partial charge in [-0.2, -0.15) is 0 Å². The van der Waals surface area contributed by atoms with E-state index in [9.17, 15) is 19.7 Å². The summed E-state index contributed by atoms with van der Waals surface area (Å²) in [5.74, 6) is -1.79. The van der Waals surface area contributed by atoms with Crippen LogP contribution in [0.2, 0.25) is 0 Å². The summed E-state index contributed by atoms with van der Waals surface area (Å²) in [5.41, 5.74) is 6.04. The maximum Gasteiger partial charge on any atom is 0.344 e. The van der Waals surface area contributed by atoms with E-state index in [1.807, 2.05) is 0 Å². The minimum absolute atomic E-state index is 0.0234. The average Bonchev–Trinajstić information content (AvgIpc) is 3.30. The first-order valence-corrected chi connectivity index (χ1v) is 10.5. The van der Waals surface area contributed by atoms with Gasteiger partial charge in [0.1, 0.15) is 27.9 Å². The summed E-state index contributed by atoms with van der Waals surface area (Å²) in [6, 6.07) is 8.61. The van der Waals surface area contributed by atoms with Crippen molar-refractivity contribution in [2.45, 2.75) is 12.8 Å². The van der Waals surface area contributed by atoms with Crippen molar-refractivity contribution in [2.75, 3.05) is 13.7 Å². The lowest BCUT2D eigenvalue weighted by Crippen LogP contribution is -2.31. The molecular formula is C24H18N2O9. The molecule has 11 nitrogen and oxygen atoms in total. The quantitative estimate of drug-likeness (QED) is 0.194. The van der Waals surface area contributed by atoms with Gasteiger partial charge in [-0.05, 0) is 18.6 Å². The summed E-state index contributed by atoms with van der Waals surface area (Å²) in [7, 11) is 1.44. The second-order valence-electron chi connectivity index (χ2n) is 7.63. The number of non-ortho nitro benzene ring substituents is 1. The fraction of sp³-hybridized carbons (Fsp3) is 0.167. The van der Waals surface area contributed by atoms with E-state index in [0.29, 0.717) is 27.7 Å². The fourth-order valence-electron chi connectivity index (χ4n) is 4.30. The minimum Gasteiger partial charge on any atom is -0.495 e. The standard InChI is InChI=1S/C24H18N2O9/c1-3-32-23(27)19-16(11-4-6-12(7-5-11)26(29)30)18-21(35-22(19)25)17-15(34-24(18)28)10-14-13(8-9-33-14)20(17)31-2/h4-10,16H,3,25H2,1-2H3. The normalized spacial score (nSPS) is 15.1. The molecule has 11 heteroatoms. The van der Waals surface area contributed by atoms with E-state index in [2.05, 4.69) is 0 Å². The topological polar surface area (TPSA) is 157 Å². The number of carbonyl (C=O) groups excluding carboxylic acids is 1. The van der Waals surface area contributed by atoms with E-state index in [1.54, 1.807) is 13.0 Å². The number of methoxy groups -OCH3 is 1. The third-order valence-corrected chi connectivity index (χ3v) is 5.76. The molecule has 0 bridgehead atoms. The number of hydrogen-bond donors (Lipinski definition) is 1. The lowest BCUT2D eigenvalue weighted by Gasteiger charge is -2.28. The summed E-state index contributed by atoms with van der Waals surface area (Å²) in [6.07, 6.45) is 1.46. The first-order valence-electron chi connectivity index (χ1n) is 10.5. The molecular weight excluding hydrogens is 460 g/mol. The van der Waals surface area contributed by atoms with Crippen LogP contribution in [0.5, 0.6) is 11.5 Å².